The molecule has 0 aliphatic heterocycles. The summed E-state index contributed by atoms with van der Waals surface area (Å²) in [5, 5.41) is 5.11. The lowest BCUT2D eigenvalue weighted by Crippen LogP contribution is -2.11. The molecule has 1 fully saturated rings. The van der Waals surface area contributed by atoms with E-state index in [1.54, 1.807) is 12.1 Å². The highest BCUT2D eigenvalue weighted by atomic mass is 32.2. The second-order valence-electron chi connectivity index (χ2n) is 6.09. The van der Waals surface area contributed by atoms with Crippen LogP contribution in [0.4, 0.5) is 0 Å². The third kappa shape index (κ3) is 3.03. The van der Waals surface area contributed by atoms with Gasteiger partial charge in [0.2, 0.25) is 10.0 Å². The average Bonchev–Trinajstić information content (AvgIpc) is 3.27. The van der Waals surface area contributed by atoms with E-state index in [1.807, 2.05) is 24.5 Å². The zero-order chi connectivity index (χ0) is 15.9. The molecule has 5 nitrogen and oxygen atoms in total. The summed E-state index contributed by atoms with van der Waals surface area (Å²) in [6.07, 6.45) is 4.79. The predicted octanol–water partition coefficient (Wildman–Crippen LogP) is 2.52. The normalized spacial score (nSPS) is 21.1. The summed E-state index contributed by atoms with van der Waals surface area (Å²) >= 11 is 0. The molecule has 2 aromatic rings. The number of aromatic nitrogens is 2. The van der Waals surface area contributed by atoms with Gasteiger partial charge in [-0.05, 0) is 41.5 Å². The second kappa shape index (κ2) is 5.44. The van der Waals surface area contributed by atoms with Gasteiger partial charge in [0.05, 0.1) is 4.90 Å². The highest BCUT2D eigenvalue weighted by molar-refractivity contribution is 7.89. The van der Waals surface area contributed by atoms with Gasteiger partial charge in [0.1, 0.15) is 5.82 Å². The van der Waals surface area contributed by atoms with Crippen molar-refractivity contribution in [3.05, 3.63) is 53.6 Å². The first-order chi connectivity index (χ1) is 10.4. The Morgan fingerprint density at radius 1 is 1.09 bits per heavy atom. The van der Waals surface area contributed by atoms with Gasteiger partial charge in [-0.15, -0.1) is 0 Å². The first-order valence-corrected chi connectivity index (χ1v) is 8.85. The molecule has 0 radical (unpaired) electrons. The van der Waals surface area contributed by atoms with Gasteiger partial charge in [-0.3, -0.25) is 0 Å². The van der Waals surface area contributed by atoms with Gasteiger partial charge in [-0.1, -0.05) is 26.0 Å². The van der Waals surface area contributed by atoms with Gasteiger partial charge in [0, 0.05) is 18.3 Å². The maximum atomic E-state index is 11.3. The van der Waals surface area contributed by atoms with Crippen molar-refractivity contribution in [2.24, 2.45) is 5.14 Å². The first-order valence-electron chi connectivity index (χ1n) is 7.31. The Hall–Kier alpha value is -1.79. The molecule has 116 valence electrons. The molecule has 1 aromatic heterocycles. The Labute approximate surface area is 130 Å². The molecular formula is C16H19N3O2S. The predicted molar refractivity (Wildman–Crippen MR) is 84.0 cm³/mol. The van der Waals surface area contributed by atoms with Crippen LogP contribution in [0, 0.1) is 0 Å². The second-order valence-corrected chi connectivity index (χ2v) is 7.65. The quantitative estimate of drug-likeness (QED) is 0.938. The third-order valence-corrected chi connectivity index (χ3v) is 5.05. The molecule has 1 aliphatic carbocycles. The monoisotopic (exact) mass is 317 g/mol. The molecular weight excluding hydrogens is 298 g/mol. The van der Waals surface area contributed by atoms with Gasteiger partial charge >= 0.3 is 0 Å². The van der Waals surface area contributed by atoms with Gasteiger partial charge in [0.25, 0.3) is 0 Å². The highest BCUT2D eigenvalue weighted by Gasteiger charge is 2.41. The standard InChI is InChI=1S/C16H19N3O2S/c1-10(2)12-8-18-16(19-9-12)15-7-14(15)11-3-5-13(6-4-11)22(17,20)21/h3-6,8-10,14-15H,7H2,1-2H3,(H2,17,20,21). The van der Waals surface area contributed by atoms with Crippen LogP contribution in [0.1, 0.15) is 55.0 Å². The molecule has 2 unspecified atom stereocenters. The van der Waals surface area contributed by atoms with Crippen molar-refractivity contribution in [1.29, 1.82) is 0 Å². The van der Waals surface area contributed by atoms with E-state index < -0.39 is 10.0 Å². The summed E-state index contributed by atoms with van der Waals surface area (Å²) in [4.78, 5) is 9.08. The number of sulfonamides is 1. The van der Waals surface area contributed by atoms with E-state index in [1.165, 1.54) is 0 Å². The van der Waals surface area contributed by atoms with Crippen molar-refractivity contribution >= 4 is 10.0 Å². The fraction of sp³-hybridized carbons (Fsp3) is 0.375. The average molecular weight is 317 g/mol. The summed E-state index contributed by atoms with van der Waals surface area (Å²) in [6.45, 7) is 4.23. The molecule has 2 N–H and O–H groups in total. The molecule has 22 heavy (non-hydrogen) atoms. The van der Waals surface area contributed by atoms with Crippen LogP contribution in [0.2, 0.25) is 0 Å². The Bertz CT molecular complexity index is 768. The molecule has 1 saturated carbocycles. The number of primary sulfonamides is 1. The van der Waals surface area contributed by atoms with Crippen LogP contribution < -0.4 is 5.14 Å². The van der Waals surface area contributed by atoms with Crippen LogP contribution in [0.3, 0.4) is 0 Å². The van der Waals surface area contributed by atoms with Gasteiger partial charge < -0.3 is 0 Å². The van der Waals surface area contributed by atoms with Crippen molar-refractivity contribution in [3.63, 3.8) is 0 Å². The summed E-state index contributed by atoms with van der Waals surface area (Å²) in [5.41, 5.74) is 2.24. The van der Waals surface area contributed by atoms with E-state index in [9.17, 15) is 8.42 Å². The maximum Gasteiger partial charge on any atom is 0.238 e. The van der Waals surface area contributed by atoms with Gasteiger partial charge in [-0.2, -0.15) is 0 Å². The Morgan fingerprint density at radius 3 is 2.18 bits per heavy atom. The zero-order valence-corrected chi connectivity index (χ0v) is 13.4. The fourth-order valence-corrected chi connectivity index (χ4v) is 3.11. The number of rotatable bonds is 4. The van der Waals surface area contributed by atoms with E-state index in [0.29, 0.717) is 17.8 Å². The van der Waals surface area contributed by atoms with Crippen molar-refractivity contribution in [1.82, 2.24) is 9.97 Å². The molecule has 0 amide bonds. The smallest absolute Gasteiger partial charge is 0.238 e. The lowest BCUT2D eigenvalue weighted by Gasteiger charge is -2.05. The minimum atomic E-state index is -3.63. The number of hydrogen-bond acceptors (Lipinski definition) is 4. The van der Waals surface area contributed by atoms with Crippen molar-refractivity contribution in [2.75, 3.05) is 0 Å². The van der Waals surface area contributed by atoms with Crippen molar-refractivity contribution < 1.29 is 8.42 Å². The molecule has 0 spiro atoms. The van der Waals surface area contributed by atoms with Crippen LogP contribution >= 0.6 is 0 Å². The van der Waals surface area contributed by atoms with Crippen molar-refractivity contribution in [2.45, 2.75) is 42.9 Å². The van der Waals surface area contributed by atoms with E-state index >= 15 is 0 Å². The summed E-state index contributed by atoms with van der Waals surface area (Å²) in [5.74, 6) is 1.97. The molecule has 0 bridgehead atoms. The third-order valence-electron chi connectivity index (χ3n) is 4.12. The van der Waals surface area contributed by atoms with Gasteiger partial charge in [-0.25, -0.2) is 23.5 Å². The summed E-state index contributed by atoms with van der Waals surface area (Å²) in [6, 6.07) is 6.77. The molecule has 1 heterocycles. The lowest BCUT2D eigenvalue weighted by molar-refractivity contribution is 0.598. The van der Waals surface area contributed by atoms with E-state index in [2.05, 4.69) is 23.8 Å². The Balaban J connectivity index is 1.74. The highest BCUT2D eigenvalue weighted by Crippen LogP contribution is 2.53. The van der Waals surface area contributed by atoms with Crippen LogP contribution in [-0.2, 0) is 10.0 Å². The Kier molecular flexibility index (Phi) is 3.74. The number of benzene rings is 1. The van der Waals surface area contributed by atoms with Gasteiger partial charge in [0.15, 0.2) is 0 Å². The molecule has 3 rings (SSSR count). The lowest BCUT2D eigenvalue weighted by atomic mass is 10.1. The Morgan fingerprint density at radius 2 is 1.68 bits per heavy atom. The topological polar surface area (TPSA) is 85.9 Å². The molecule has 1 aromatic carbocycles. The SMILES string of the molecule is CC(C)c1cnc(C2CC2c2ccc(S(N)(=O)=O)cc2)nc1. The number of nitrogens with two attached hydrogens (primary N) is 1. The van der Waals surface area contributed by atoms with Crippen molar-refractivity contribution in [3.8, 4) is 0 Å². The van der Waals surface area contributed by atoms with E-state index in [0.717, 1.165) is 23.4 Å². The summed E-state index contributed by atoms with van der Waals surface area (Å²) < 4.78 is 22.5. The first kappa shape index (κ1) is 15.1. The fourth-order valence-electron chi connectivity index (χ4n) is 2.59. The molecule has 1 aliphatic rings. The number of hydrogen-bond donors (Lipinski definition) is 1. The minimum Gasteiger partial charge on any atom is -0.241 e. The van der Waals surface area contributed by atoms with Crippen LogP contribution in [-0.4, -0.2) is 18.4 Å². The number of nitrogens with zero attached hydrogens (tertiary/aromatic N) is 2. The summed E-state index contributed by atoms with van der Waals surface area (Å²) in [7, 11) is -3.63. The van der Waals surface area contributed by atoms with Crippen LogP contribution in [0.25, 0.3) is 0 Å². The molecule has 2 atom stereocenters. The zero-order valence-electron chi connectivity index (χ0n) is 12.6. The molecule has 0 saturated heterocycles. The largest absolute Gasteiger partial charge is 0.241 e. The van der Waals surface area contributed by atoms with E-state index in [-0.39, 0.29) is 4.90 Å². The van der Waals surface area contributed by atoms with Crippen LogP contribution in [0.15, 0.2) is 41.6 Å². The molecule has 6 heteroatoms. The van der Waals surface area contributed by atoms with Crippen LogP contribution in [0.5, 0.6) is 0 Å². The maximum absolute atomic E-state index is 11.3. The van der Waals surface area contributed by atoms with E-state index in [4.69, 9.17) is 5.14 Å². The minimum absolute atomic E-state index is 0.144.